The van der Waals surface area contributed by atoms with Gasteiger partial charge >= 0.3 is 0 Å². The fraction of sp³-hybridized carbons (Fsp3) is 0.333. The molecule has 110 valence electrons. The van der Waals surface area contributed by atoms with Crippen molar-refractivity contribution in [2.45, 2.75) is 12.8 Å². The molecule has 2 aromatic rings. The van der Waals surface area contributed by atoms with Crippen molar-refractivity contribution in [3.05, 3.63) is 45.4 Å². The SMILES string of the molecule is Clc1ccccc1-c1c(Cl)nc(CC2CCOC2)nc1Cl. The summed E-state index contributed by atoms with van der Waals surface area (Å²) in [7, 11) is 0. The Morgan fingerprint density at radius 1 is 1.10 bits per heavy atom. The van der Waals surface area contributed by atoms with Gasteiger partial charge in [-0.2, -0.15) is 0 Å². The molecule has 0 bridgehead atoms. The molecule has 1 aliphatic heterocycles. The molecule has 0 amide bonds. The predicted molar refractivity (Wildman–Crippen MR) is 85.1 cm³/mol. The van der Waals surface area contributed by atoms with E-state index in [1.165, 1.54) is 0 Å². The van der Waals surface area contributed by atoms with Gasteiger partial charge in [-0.05, 0) is 18.4 Å². The van der Waals surface area contributed by atoms with Gasteiger partial charge in [-0.15, -0.1) is 0 Å². The molecule has 1 aromatic heterocycles. The van der Waals surface area contributed by atoms with Crippen molar-refractivity contribution >= 4 is 34.8 Å². The normalized spacial score (nSPS) is 18.1. The smallest absolute Gasteiger partial charge is 0.142 e. The molecule has 2 heterocycles. The molecule has 0 aliphatic carbocycles. The zero-order valence-electron chi connectivity index (χ0n) is 11.2. The van der Waals surface area contributed by atoms with Crippen LogP contribution in [0.15, 0.2) is 24.3 Å². The van der Waals surface area contributed by atoms with Crippen LogP contribution in [0.4, 0.5) is 0 Å². The van der Waals surface area contributed by atoms with Gasteiger partial charge in [-0.25, -0.2) is 9.97 Å². The van der Waals surface area contributed by atoms with Crippen LogP contribution in [0.3, 0.4) is 0 Å². The first kappa shape index (κ1) is 15.0. The molecular weight excluding hydrogens is 331 g/mol. The van der Waals surface area contributed by atoms with Crippen molar-refractivity contribution in [2.75, 3.05) is 13.2 Å². The third-order valence-electron chi connectivity index (χ3n) is 3.51. The summed E-state index contributed by atoms with van der Waals surface area (Å²) in [5, 5.41) is 1.23. The topological polar surface area (TPSA) is 35.0 Å². The Bertz CT molecular complexity index is 634. The van der Waals surface area contributed by atoms with Crippen molar-refractivity contribution in [1.29, 1.82) is 0 Å². The Balaban J connectivity index is 1.94. The minimum Gasteiger partial charge on any atom is -0.381 e. The van der Waals surface area contributed by atoms with E-state index in [9.17, 15) is 0 Å². The molecule has 0 saturated carbocycles. The summed E-state index contributed by atoms with van der Waals surface area (Å²) in [5.74, 6) is 1.08. The minimum atomic E-state index is 0.331. The molecule has 21 heavy (non-hydrogen) atoms. The first-order valence-electron chi connectivity index (χ1n) is 6.69. The van der Waals surface area contributed by atoms with Gasteiger partial charge in [0, 0.05) is 30.2 Å². The van der Waals surface area contributed by atoms with Crippen LogP contribution >= 0.6 is 34.8 Å². The lowest BCUT2D eigenvalue weighted by Crippen LogP contribution is -2.08. The highest BCUT2D eigenvalue weighted by Crippen LogP contribution is 2.36. The van der Waals surface area contributed by atoms with Crippen LogP contribution in [-0.4, -0.2) is 23.2 Å². The van der Waals surface area contributed by atoms with Gasteiger partial charge in [0.1, 0.15) is 16.1 Å². The predicted octanol–water partition coefficient (Wildman–Crippen LogP) is 4.68. The number of ether oxygens (including phenoxy) is 1. The summed E-state index contributed by atoms with van der Waals surface area (Å²) in [6, 6.07) is 7.36. The fourth-order valence-electron chi connectivity index (χ4n) is 2.43. The Morgan fingerprint density at radius 3 is 2.43 bits per heavy atom. The van der Waals surface area contributed by atoms with Crippen LogP contribution in [0.5, 0.6) is 0 Å². The molecule has 3 nitrogen and oxygen atoms in total. The highest BCUT2D eigenvalue weighted by atomic mass is 35.5. The van der Waals surface area contributed by atoms with Crippen LogP contribution in [0, 0.1) is 5.92 Å². The van der Waals surface area contributed by atoms with E-state index in [1.54, 1.807) is 6.07 Å². The fourth-order valence-corrected chi connectivity index (χ4v) is 3.28. The van der Waals surface area contributed by atoms with E-state index >= 15 is 0 Å². The van der Waals surface area contributed by atoms with E-state index in [0.717, 1.165) is 31.6 Å². The summed E-state index contributed by atoms with van der Waals surface area (Å²) in [6.07, 6.45) is 1.74. The summed E-state index contributed by atoms with van der Waals surface area (Å²) in [6.45, 7) is 1.54. The van der Waals surface area contributed by atoms with Gasteiger partial charge < -0.3 is 4.74 Å². The Hall–Kier alpha value is -0.870. The molecule has 0 radical (unpaired) electrons. The second-order valence-corrected chi connectivity index (χ2v) is 6.13. The van der Waals surface area contributed by atoms with Crippen molar-refractivity contribution in [3.8, 4) is 11.1 Å². The number of hydrogen-bond acceptors (Lipinski definition) is 3. The zero-order chi connectivity index (χ0) is 14.8. The first-order valence-corrected chi connectivity index (χ1v) is 7.83. The van der Waals surface area contributed by atoms with E-state index in [2.05, 4.69) is 9.97 Å². The average molecular weight is 344 g/mol. The van der Waals surface area contributed by atoms with Gasteiger partial charge in [0.25, 0.3) is 0 Å². The monoisotopic (exact) mass is 342 g/mol. The maximum Gasteiger partial charge on any atom is 0.142 e. The molecule has 1 fully saturated rings. The first-order chi connectivity index (χ1) is 10.1. The van der Waals surface area contributed by atoms with Crippen LogP contribution in [0.1, 0.15) is 12.2 Å². The summed E-state index contributed by atoms with van der Waals surface area (Å²) in [5.41, 5.74) is 1.32. The van der Waals surface area contributed by atoms with Crippen molar-refractivity contribution < 1.29 is 4.74 Å². The Morgan fingerprint density at radius 2 is 1.81 bits per heavy atom. The molecule has 0 N–H and O–H groups in total. The van der Waals surface area contributed by atoms with Crippen molar-refractivity contribution in [2.24, 2.45) is 5.92 Å². The highest BCUT2D eigenvalue weighted by molar-refractivity contribution is 6.40. The van der Waals surface area contributed by atoms with Crippen molar-refractivity contribution in [1.82, 2.24) is 9.97 Å². The van der Waals surface area contributed by atoms with Gasteiger partial charge in [0.2, 0.25) is 0 Å². The molecule has 0 spiro atoms. The lowest BCUT2D eigenvalue weighted by molar-refractivity contribution is 0.185. The van der Waals surface area contributed by atoms with E-state index < -0.39 is 0 Å². The minimum absolute atomic E-state index is 0.331. The number of benzene rings is 1. The average Bonchev–Trinajstić information content (AvgIpc) is 2.93. The molecule has 1 aliphatic rings. The van der Waals surface area contributed by atoms with Crippen molar-refractivity contribution in [3.63, 3.8) is 0 Å². The van der Waals surface area contributed by atoms with Gasteiger partial charge in [0.05, 0.1) is 5.56 Å². The molecule has 1 aromatic carbocycles. The van der Waals surface area contributed by atoms with Gasteiger partial charge in [-0.3, -0.25) is 0 Å². The Labute approximate surface area is 138 Å². The standard InChI is InChI=1S/C15H13Cl3N2O/c16-11-4-2-1-3-10(11)13-14(17)19-12(20-15(13)18)7-9-5-6-21-8-9/h1-4,9H,5-8H2. The number of aromatic nitrogens is 2. The second kappa shape index (κ2) is 6.49. The van der Waals surface area contributed by atoms with E-state index in [1.807, 2.05) is 18.2 Å². The van der Waals surface area contributed by atoms with E-state index in [4.69, 9.17) is 39.5 Å². The van der Waals surface area contributed by atoms with Crippen LogP contribution in [-0.2, 0) is 11.2 Å². The third kappa shape index (κ3) is 3.32. The number of rotatable bonds is 3. The number of halogens is 3. The molecule has 6 heteroatoms. The van der Waals surface area contributed by atoms with Gasteiger partial charge in [-0.1, -0.05) is 53.0 Å². The quantitative estimate of drug-likeness (QED) is 0.759. The van der Waals surface area contributed by atoms with Crippen LogP contribution in [0.25, 0.3) is 11.1 Å². The molecular formula is C15H13Cl3N2O. The third-order valence-corrected chi connectivity index (χ3v) is 4.38. The summed E-state index contributed by atoms with van der Waals surface area (Å²) >= 11 is 18.8. The maximum atomic E-state index is 6.30. The summed E-state index contributed by atoms with van der Waals surface area (Å²) < 4.78 is 5.36. The van der Waals surface area contributed by atoms with Crippen LogP contribution < -0.4 is 0 Å². The molecule has 3 rings (SSSR count). The number of nitrogens with zero attached hydrogens (tertiary/aromatic N) is 2. The van der Waals surface area contributed by atoms with E-state index in [0.29, 0.717) is 32.6 Å². The number of hydrogen-bond donors (Lipinski definition) is 0. The zero-order valence-corrected chi connectivity index (χ0v) is 13.4. The molecule has 1 atom stereocenters. The lowest BCUT2D eigenvalue weighted by atomic mass is 10.0. The van der Waals surface area contributed by atoms with Crippen LogP contribution in [0.2, 0.25) is 15.3 Å². The maximum absolute atomic E-state index is 6.30. The molecule has 1 saturated heterocycles. The molecule has 1 unspecified atom stereocenters. The Kier molecular flexibility index (Phi) is 4.65. The second-order valence-electron chi connectivity index (χ2n) is 5.01. The highest BCUT2D eigenvalue weighted by Gasteiger charge is 2.20. The summed E-state index contributed by atoms with van der Waals surface area (Å²) in [4.78, 5) is 8.74. The largest absolute Gasteiger partial charge is 0.381 e. The van der Waals surface area contributed by atoms with E-state index in [-0.39, 0.29) is 0 Å². The van der Waals surface area contributed by atoms with Gasteiger partial charge in [0.15, 0.2) is 0 Å². The lowest BCUT2D eigenvalue weighted by Gasteiger charge is -2.11.